The predicted molar refractivity (Wildman–Crippen MR) is 72.0 cm³/mol. The van der Waals surface area contributed by atoms with Crippen LogP contribution in [0, 0.1) is 0 Å². The summed E-state index contributed by atoms with van der Waals surface area (Å²) in [5.74, 6) is 0.787. The summed E-state index contributed by atoms with van der Waals surface area (Å²) in [6, 6.07) is 0. The van der Waals surface area contributed by atoms with Gasteiger partial charge in [0.05, 0.1) is 11.5 Å². The van der Waals surface area contributed by atoms with Crippen molar-refractivity contribution in [3.63, 3.8) is 0 Å². The van der Waals surface area contributed by atoms with Crippen LogP contribution in [0.2, 0.25) is 0 Å². The van der Waals surface area contributed by atoms with Crippen LogP contribution in [-0.2, 0) is 9.84 Å². The first-order valence-electron chi connectivity index (χ1n) is 5.32. The first-order valence-corrected chi connectivity index (χ1v) is 7.15. The van der Waals surface area contributed by atoms with Crippen molar-refractivity contribution in [2.24, 2.45) is 0 Å². The van der Waals surface area contributed by atoms with Gasteiger partial charge in [-0.25, -0.2) is 8.42 Å². The molecule has 15 heavy (non-hydrogen) atoms. The molecule has 0 atom stereocenters. The molecule has 0 unspecified atom stereocenters. The molecule has 0 amide bonds. The van der Waals surface area contributed by atoms with Crippen LogP contribution in [0.4, 0.5) is 0 Å². The Bertz CT molecular complexity index is 187. The van der Waals surface area contributed by atoms with Crippen LogP contribution in [0.25, 0.3) is 0 Å². The minimum absolute atomic E-state index is 0. The molecule has 0 aliphatic carbocycles. The van der Waals surface area contributed by atoms with Gasteiger partial charge in [0.15, 0.2) is 0 Å². The molecule has 0 aliphatic heterocycles. The zero-order valence-corrected chi connectivity index (χ0v) is 9.70. The van der Waals surface area contributed by atoms with Gasteiger partial charge in [0.1, 0.15) is 9.84 Å². The van der Waals surface area contributed by atoms with E-state index in [1.807, 2.05) is 0 Å². The third-order valence-corrected chi connectivity index (χ3v) is 3.94. The molecule has 0 radical (unpaired) electrons. The van der Waals surface area contributed by atoms with Gasteiger partial charge >= 0.3 is 59.1 Å². The van der Waals surface area contributed by atoms with E-state index in [1.165, 1.54) is 0 Å². The van der Waals surface area contributed by atoms with Crippen molar-refractivity contribution in [1.29, 1.82) is 0 Å². The molecule has 0 bridgehead atoms. The van der Waals surface area contributed by atoms with E-state index in [0.717, 1.165) is 38.5 Å². The molecule has 0 aliphatic rings. The maximum absolute atomic E-state index is 11.4. The molecule has 2 nitrogen and oxygen atoms in total. The van der Waals surface area contributed by atoms with E-state index in [0.29, 0.717) is 11.5 Å². The van der Waals surface area contributed by atoms with Crippen LogP contribution in [0.1, 0.15) is 52.4 Å². The molecular weight excluding hydrogens is 230 g/mol. The number of hydrogen-bond donors (Lipinski definition) is 0. The van der Waals surface area contributed by atoms with Gasteiger partial charge in [0, 0.05) is 0 Å². The van der Waals surface area contributed by atoms with E-state index >= 15 is 0 Å². The fourth-order valence-corrected chi connectivity index (χ4v) is 2.74. The fourth-order valence-electron chi connectivity index (χ4n) is 1.25. The Kier molecular flexibility index (Phi) is 20.7. The molecule has 0 fully saturated rings. The second kappa shape index (κ2) is 14.0. The molecule has 0 spiro atoms. The van der Waals surface area contributed by atoms with E-state index in [9.17, 15) is 8.42 Å². The molecule has 0 aromatic heterocycles. The Morgan fingerprint density at radius 2 is 1.07 bits per heavy atom. The zero-order chi connectivity index (χ0) is 10.2. The second-order valence-electron chi connectivity index (χ2n) is 3.57. The number of rotatable bonds is 8. The fraction of sp³-hybridized carbons (Fsp3) is 1.00. The van der Waals surface area contributed by atoms with Gasteiger partial charge in [-0.15, -0.1) is 0 Å². The van der Waals surface area contributed by atoms with Gasteiger partial charge in [-0.1, -0.05) is 39.5 Å². The topological polar surface area (TPSA) is 34.1 Å². The predicted octanol–water partition coefficient (Wildman–Crippen LogP) is 1.48. The maximum atomic E-state index is 11.4. The van der Waals surface area contributed by atoms with Crippen LogP contribution >= 0.6 is 0 Å². The van der Waals surface area contributed by atoms with E-state index < -0.39 is 9.84 Å². The first kappa shape index (κ1) is 22.2. The number of sulfone groups is 1. The second-order valence-corrected chi connectivity index (χ2v) is 5.87. The molecule has 0 saturated carbocycles. The van der Waals surface area contributed by atoms with Crippen LogP contribution in [0.15, 0.2) is 0 Å². The number of hydrogen-bond acceptors (Lipinski definition) is 2. The Balaban J connectivity index is -0.000000720. The van der Waals surface area contributed by atoms with Crippen molar-refractivity contribution < 1.29 is 8.42 Å². The molecule has 0 rings (SSSR count). The van der Waals surface area contributed by atoms with Crippen molar-refractivity contribution in [1.82, 2.24) is 0 Å². The number of unbranched alkanes of at least 4 members (excludes halogenated alkanes) is 4. The van der Waals surface area contributed by atoms with Gasteiger partial charge in [-0.2, -0.15) is 0 Å². The van der Waals surface area contributed by atoms with Crippen molar-refractivity contribution in [2.75, 3.05) is 11.5 Å². The third-order valence-electron chi connectivity index (χ3n) is 2.12. The van der Waals surface area contributed by atoms with Crippen LogP contribution < -0.4 is 0 Å². The molecule has 84 valence electrons. The molecule has 0 saturated heterocycles. The molecular formula is C10H24Na2O2S. The first-order chi connectivity index (χ1) is 6.12. The Morgan fingerprint density at radius 1 is 0.733 bits per heavy atom. The third kappa shape index (κ3) is 15.9. The van der Waals surface area contributed by atoms with Crippen molar-refractivity contribution >= 4 is 69.0 Å². The van der Waals surface area contributed by atoms with Gasteiger partial charge in [0.2, 0.25) is 0 Å². The summed E-state index contributed by atoms with van der Waals surface area (Å²) >= 11 is 0. The van der Waals surface area contributed by atoms with E-state index in [4.69, 9.17) is 0 Å². The van der Waals surface area contributed by atoms with Crippen LogP contribution in [0.5, 0.6) is 0 Å². The van der Waals surface area contributed by atoms with Gasteiger partial charge < -0.3 is 0 Å². The summed E-state index contributed by atoms with van der Waals surface area (Å²) in [6.45, 7) is 4.17. The standard InChI is InChI=1S/C10H22O2S.2Na.2H/c1-3-5-7-9-13(11,12)10-8-6-4-2;;;;/h3-10H2,1-2H3;;;;. The van der Waals surface area contributed by atoms with E-state index in [2.05, 4.69) is 13.8 Å². The average molecular weight is 254 g/mol. The van der Waals surface area contributed by atoms with E-state index in [-0.39, 0.29) is 59.1 Å². The minimum atomic E-state index is -2.73. The van der Waals surface area contributed by atoms with Crippen molar-refractivity contribution in [3.8, 4) is 0 Å². The normalized spacial score (nSPS) is 10.3. The molecule has 0 heterocycles. The van der Waals surface area contributed by atoms with E-state index in [1.54, 1.807) is 0 Å². The molecule has 5 heteroatoms. The van der Waals surface area contributed by atoms with Crippen LogP contribution in [-0.4, -0.2) is 79.0 Å². The van der Waals surface area contributed by atoms with Gasteiger partial charge in [-0.05, 0) is 12.8 Å². The quantitative estimate of drug-likeness (QED) is 0.486. The zero-order valence-electron chi connectivity index (χ0n) is 8.88. The summed E-state index contributed by atoms with van der Waals surface area (Å²) < 4.78 is 22.8. The van der Waals surface area contributed by atoms with Crippen molar-refractivity contribution in [2.45, 2.75) is 52.4 Å². The SMILES string of the molecule is CCCCCS(=O)(=O)CCCCC.[NaH].[NaH]. The Morgan fingerprint density at radius 3 is 1.33 bits per heavy atom. The molecule has 0 aromatic rings. The summed E-state index contributed by atoms with van der Waals surface area (Å²) in [7, 11) is -2.73. The van der Waals surface area contributed by atoms with Crippen molar-refractivity contribution in [3.05, 3.63) is 0 Å². The average Bonchev–Trinajstić information content (AvgIpc) is 2.05. The Labute approximate surface area is 139 Å². The summed E-state index contributed by atoms with van der Waals surface area (Å²) in [5, 5.41) is 0. The summed E-state index contributed by atoms with van der Waals surface area (Å²) in [6.07, 6.45) is 5.92. The van der Waals surface area contributed by atoms with Crippen LogP contribution in [0.3, 0.4) is 0 Å². The molecule has 0 aromatic carbocycles. The van der Waals surface area contributed by atoms with Gasteiger partial charge in [-0.3, -0.25) is 0 Å². The van der Waals surface area contributed by atoms with Gasteiger partial charge in [0.25, 0.3) is 0 Å². The molecule has 0 N–H and O–H groups in total. The Hall–Kier alpha value is 1.95. The monoisotopic (exact) mass is 254 g/mol. The summed E-state index contributed by atoms with van der Waals surface area (Å²) in [4.78, 5) is 0. The summed E-state index contributed by atoms with van der Waals surface area (Å²) in [5.41, 5.74) is 0.